The summed E-state index contributed by atoms with van der Waals surface area (Å²) in [4.78, 5) is 4.12. The number of hydrogen-bond acceptors (Lipinski definition) is 3. The molecule has 1 aromatic heterocycles. The first-order valence-electron chi connectivity index (χ1n) is 5.64. The number of allylic oxidation sites excluding steroid dienone is 1. The molecule has 0 unspecified atom stereocenters. The van der Waals surface area contributed by atoms with Gasteiger partial charge >= 0.3 is 0 Å². The van der Waals surface area contributed by atoms with Gasteiger partial charge in [0.25, 0.3) is 0 Å². The van der Waals surface area contributed by atoms with Crippen LogP contribution in [-0.4, -0.2) is 18.1 Å². The smallest absolute Gasteiger partial charge is 0.101 e. The van der Waals surface area contributed by atoms with Gasteiger partial charge in [-0.1, -0.05) is 6.08 Å². The third-order valence-electron chi connectivity index (χ3n) is 3.53. The van der Waals surface area contributed by atoms with Crippen molar-refractivity contribution in [1.82, 2.24) is 10.3 Å². The van der Waals surface area contributed by atoms with Crippen molar-refractivity contribution in [2.75, 3.05) is 13.1 Å². The first-order chi connectivity index (χ1) is 7.86. The average molecular weight is 211 g/mol. The molecule has 0 radical (unpaired) electrons. The third-order valence-corrected chi connectivity index (χ3v) is 3.53. The zero-order valence-electron chi connectivity index (χ0n) is 8.98. The van der Waals surface area contributed by atoms with Crippen molar-refractivity contribution in [3.05, 3.63) is 35.7 Å². The first-order valence-corrected chi connectivity index (χ1v) is 5.64. The van der Waals surface area contributed by atoms with E-state index in [4.69, 9.17) is 5.26 Å². The summed E-state index contributed by atoms with van der Waals surface area (Å²) in [6.07, 6.45) is 6.94. The minimum atomic E-state index is 0.647. The molecule has 1 aliphatic heterocycles. The topological polar surface area (TPSA) is 48.7 Å². The van der Waals surface area contributed by atoms with Crippen LogP contribution >= 0.6 is 0 Å². The Morgan fingerprint density at radius 3 is 3.12 bits per heavy atom. The average Bonchev–Trinajstić information content (AvgIpc) is 2.89. The van der Waals surface area contributed by atoms with Crippen molar-refractivity contribution < 1.29 is 0 Å². The van der Waals surface area contributed by atoms with Crippen molar-refractivity contribution in [3.8, 4) is 6.07 Å². The summed E-state index contributed by atoms with van der Waals surface area (Å²) in [7, 11) is 0. The zero-order valence-corrected chi connectivity index (χ0v) is 8.98. The molecule has 0 spiro atoms. The second-order valence-electron chi connectivity index (χ2n) is 4.55. The number of aromatic nitrogens is 1. The molecule has 3 nitrogen and oxygen atoms in total. The van der Waals surface area contributed by atoms with Crippen LogP contribution in [0.3, 0.4) is 0 Å². The molecule has 1 aliphatic carbocycles. The van der Waals surface area contributed by atoms with Gasteiger partial charge in [-0.25, -0.2) is 0 Å². The van der Waals surface area contributed by atoms with Gasteiger partial charge in [-0.05, 0) is 42.0 Å². The van der Waals surface area contributed by atoms with Crippen LogP contribution in [0.1, 0.15) is 17.5 Å². The van der Waals surface area contributed by atoms with Crippen LogP contribution in [0, 0.1) is 23.2 Å². The molecule has 0 amide bonds. The predicted octanol–water partition coefficient (Wildman–Crippen LogP) is 1.58. The van der Waals surface area contributed by atoms with Crippen LogP contribution in [0.25, 0.3) is 5.57 Å². The quantitative estimate of drug-likeness (QED) is 0.767. The number of nitrogens with zero attached hydrogens (tertiary/aromatic N) is 2. The SMILES string of the molecule is N#Cc1cncc(C2=C[C@H]3CNC[C@H]3C2)c1. The maximum atomic E-state index is 8.85. The Morgan fingerprint density at radius 2 is 2.31 bits per heavy atom. The van der Waals surface area contributed by atoms with E-state index in [0.717, 1.165) is 31.0 Å². The molecular formula is C13H13N3. The van der Waals surface area contributed by atoms with E-state index in [2.05, 4.69) is 22.4 Å². The Balaban J connectivity index is 1.91. The summed E-state index contributed by atoms with van der Waals surface area (Å²) < 4.78 is 0. The largest absolute Gasteiger partial charge is 0.316 e. The highest BCUT2D eigenvalue weighted by Crippen LogP contribution is 2.37. The van der Waals surface area contributed by atoms with Crippen molar-refractivity contribution in [2.45, 2.75) is 6.42 Å². The highest BCUT2D eigenvalue weighted by molar-refractivity contribution is 5.68. The monoisotopic (exact) mass is 211 g/mol. The summed E-state index contributed by atoms with van der Waals surface area (Å²) in [5, 5.41) is 12.3. The van der Waals surface area contributed by atoms with E-state index >= 15 is 0 Å². The van der Waals surface area contributed by atoms with Crippen LogP contribution < -0.4 is 5.32 Å². The molecule has 2 aliphatic rings. The Morgan fingerprint density at radius 1 is 1.38 bits per heavy atom. The number of nitrogens with one attached hydrogen (secondary N) is 1. The lowest BCUT2D eigenvalue weighted by Crippen LogP contribution is -2.09. The van der Waals surface area contributed by atoms with Crippen molar-refractivity contribution in [3.63, 3.8) is 0 Å². The molecule has 16 heavy (non-hydrogen) atoms. The highest BCUT2D eigenvalue weighted by atomic mass is 14.9. The fourth-order valence-corrected chi connectivity index (χ4v) is 2.67. The Labute approximate surface area is 94.8 Å². The number of nitriles is 1. The van der Waals surface area contributed by atoms with Crippen molar-refractivity contribution >= 4 is 5.57 Å². The molecule has 2 atom stereocenters. The minimum Gasteiger partial charge on any atom is -0.316 e. The number of pyridine rings is 1. The fourth-order valence-electron chi connectivity index (χ4n) is 2.67. The van der Waals surface area contributed by atoms with Gasteiger partial charge in [-0.2, -0.15) is 5.26 Å². The van der Waals surface area contributed by atoms with E-state index < -0.39 is 0 Å². The van der Waals surface area contributed by atoms with E-state index in [1.807, 2.05) is 12.3 Å². The molecule has 1 aromatic rings. The van der Waals surface area contributed by atoms with Gasteiger partial charge in [-0.3, -0.25) is 4.98 Å². The van der Waals surface area contributed by atoms with Gasteiger partial charge in [0.2, 0.25) is 0 Å². The van der Waals surface area contributed by atoms with E-state index in [1.54, 1.807) is 6.20 Å². The summed E-state index contributed by atoms with van der Waals surface area (Å²) >= 11 is 0. The van der Waals surface area contributed by atoms with Gasteiger partial charge in [0.05, 0.1) is 5.56 Å². The fraction of sp³-hybridized carbons (Fsp3) is 0.385. The lowest BCUT2D eigenvalue weighted by Gasteiger charge is -2.06. The van der Waals surface area contributed by atoms with Crippen LogP contribution in [-0.2, 0) is 0 Å². The summed E-state index contributed by atoms with van der Waals surface area (Å²) in [5.41, 5.74) is 3.13. The maximum Gasteiger partial charge on any atom is 0.101 e. The van der Waals surface area contributed by atoms with Gasteiger partial charge in [0.15, 0.2) is 0 Å². The second-order valence-corrected chi connectivity index (χ2v) is 4.55. The summed E-state index contributed by atoms with van der Waals surface area (Å²) in [5.74, 6) is 1.43. The van der Waals surface area contributed by atoms with Crippen molar-refractivity contribution in [1.29, 1.82) is 5.26 Å². The van der Waals surface area contributed by atoms with E-state index in [1.165, 1.54) is 5.57 Å². The van der Waals surface area contributed by atoms with Crippen molar-refractivity contribution in [2.24, 2.45) is 11.8 Å². The van der Waals surface area contributed by atoms with Gasteiger partial charge in [0.1, 0.15) is 6.07 Å². The third kappa shape index (κ3) is 1.52. The lowest BCUT2D eigenvalue weighted by atomic mass is 9.98. The molecule has 2 heterocycles. The molecule has 0 bridgehead atoms. The zero-order chi connectivity index (χ0) is 11.0. The Bertz CT molecular complexity index is 484. The molecule has 3 heteroatoms. The molecule has 1 saturated heterocycles. The standard InChI is InChI=1S/C13H13N3/c14-4-9-1-11(6-15-5-9)10-2-12-7-16-8-13(12)3-10/h1-2,5-6,12-13,16H,3,7-8H2/t12-,13+/m0/s1. The lowest BCUT2D eigenvalue weighted by molar-refractivity contribution is 0.536. The minimum absolute atomic E-state index is 0.647. The summed E-state index contributed by atoms with van der Waals surface area (Å²) in [6, 6.07) is 4.08. The normalized spacial score (nSPS) is 27.3. The molecule has 1 fully saturated rings. The van der Waals surface area contributed by atoms with Gasteiger partial charge in [-0.15, -0.1) is 0 Å². The molecular weight excluding hydrogens is 198 g/mol. The molecule has 80 valence electrons. The number of hydrogen-bond donors (Lipinski definition) is 1. The molecule has 3 rings (SSSR count). The Hall–Kier alpha value is -1.66. The van der Waals surface area contributed by atoms with Gasteiger partial charge in [0, 0.05) is 18.9 Å². The molecule has 0 saturated carbocycles. The number of rotatable bonds is 1. The summed E-state index contributed by atoms with van der Waals surface area (Å²) in [6.45, 7) is 2.22. The second kappa shape index (κ2) is 3.73. The van der Waals surface area contributed by atoms with Crippen LogP contribution in [0.4, 0.5) is 0 Å². The molecule has 1 N–H and O–H groups in total. The number of fused-ring (bicyclic) bond motifs is 1. The van der Waals surface area contributed by atoms with Crippen LogP contribution in [0.15, 0.2) is 24.5 Å². The van der Waals surface area contributed by atoms with E-state index in [-0.39, 0.29) is 0 Å². The maximum absolute atomic E-state index is 8.85. The first kappa shape index (κ1) is 9.56. The predicted molar refractivity (Wildman–Crippen MR) is 61.4 cm³/mol. The van der Waals surface area contributed by atoms with E-state index in [0.29, 0.717) is 11.5 Å². The Kier molecular flexibility index (Phi) is 2.23. The molecule has 0 aromatic carbocycles. The van der Waals surface area contributed by atoms with Crippen LogP contribution in [0.5, 0.6) is 0 Å². The van der Waals surface area contributed by atoms with Crippen LogP contribution in [0.2, 0.25) is 0 Å². The van der Waals surface area contributed by atoms with E-state index in [9.17, 15) is 0 Å². The highest BCUT2D eigenvalue weighted by Gasteiger charge is 2.31. The van der Waals surface area contributed by atoms with Gasteiger partial charge < -0.3 is 5.32 Å².